The number of esters is 1. The summed E-state index contributed by atoms with van der Waals surface area (Å²) >= 11 is 0. The predicted molar refractivity (Wildman–Crippen MR) is 112 cm³/mol. The fourth-order valence-corrected chi connectivity index (χ4v) is 2.53. The molecule has 31 heavy (non-hydrogen) atoms. The van der Waals surface area contributed by atoms with Crippen molar-refractivity contribution in [1.29, 1.82) is 0 Å². The highest BCUT2D eigenvalue weighted by molar-refractivity contribution is 5.96. The molecule has 0 fully saturated rings. The smallest absolute Gasteiger partial charge is 0.342 e. The Labute approximate surface area is 178 Å². The van der Waals surface area contributed by atoms with Crippen LogP contribution in [0.15, 0.2) is 78.9 Å². The molecule has 0 heterocycles. The van der Waals surface area contributed by atoms with Crippen molar-refractivity contribution in [1.82, 2.24) is 10.9 Å². The number of methoxy groups -OCH3 is 1. The molecule has 8 heteroatoms. The minimum atomic E-state index is -0.733. The van der Waals surface area contributed by atoms with Gasteiger partial charge in [-0.1, -0.05) is 30.3 Å². The van der Waals surface area contributed by atoms with Crippen LogP contribution in [0.2, 0.25) is 0 Å². The van der Waals surface area contributed by atoms with Crippen molar-refractivity contribution in [2.75, 3.05) is 13.7 Å². The largest absolute Gasteiger partial charge is 0.497 e. The summed E-state index contributed by atoms with van der Waals surface area (Å²) in [4.78, 5) is 36.4. The maximum absolute atomic E-state index is 12.4. The molecular weight excluding hydrogens is 400 g/mol. The van der Waals surface area contributed by atoms with Crippen LogP contribution in [-0.4, -0.2) is 31.5 Å². The van der Waals surface area contributed by atoms with Crippen molar-refractivity contribution in [3.05, 3.63) is 90.0 Å². The number of rotatable bonds is 7. The van der Waals surface area contributed by atoms with Gasteiger partial charge in [0.15, 0.2) is 6.61 Å². The third kappa shape index (κ3) is 6.07. The van der Waals surface area contributed by atoms with E-state index < -0.39 is 24.4 Å². The summed E-state index contributed by atoms with van der Waals surface area (Å²) in [5.74, 6) is -0.499. The molecule has 0 aliphatic rings. The van der Waals surface area contributed by atoms with Crippen LogP contribution >= 0.6 is 0 Å². The van der Waals surface area contributed by atoms with Gasteiger partial charge in [-0.25, -0.2) is 4.79 Å². The molecule has 3 aromatic carbocycles. The van der Waals surface area contributed by atoms with E-state index in [4.69, 9.17) is 14.2 Å². The van der Waals surface area contributed by atoms with Gasteiger partial charge in [-0.3, -0.25) is 20.4 Å². The fourth-order valence-electron chi connectivity index (χ4n) is 2.53. The SMILES string of the molecule is COc1ccc(C(=O)NNC(=O)COC(=O)c2ccccc2Oc2ccccc2)cc1. The second-order valence-corrected chi connectivity index (χ2v) is 6.22. The van der Waals surface area contributed by atoms with E-state index in [1.54, 1.807) is 66.7 Å². The Morgan fingerprint density at radius 1 is 0.774 bits per heavy atom. The van der Waals surface area contributed by atoms with Gasteiger partial charge in [-0.05, 0) is 48.5 Å². The summed E-state index contributed by atoms with van der Waals surface area (Å²) in [7, 11) is 1.52. The summed E-state index contributed by atoms with van der Waals surface area (Å²) < 4.78 is 15.8. The van der Waals surface area contributed by atoms with Crippen molar-refractivity contribution in [2.24, 2.45) is 0 Å². The van der Waals surface area contributed by atoms with Gasteiger partial charge in [0.2, 0.25) is 0 Å². The Hall–Kier alpha value is -4.33. The highest BCUT2D eigenvalue weighted by Gasteiger charge is 2.16. The average molecular weight is 420 g/mol. The van der Waals surface area contributed by atoms with Crippen LogP contribution in [0.25, 0.3) is 0 Å². The first-order chi connectivity index (χ1) is 15.1. The zero-order valence-corrected chi connectivity index (χ0v) is 16.7. The second-order valence-electron chi connectivity index (χ2n) is 6.22. The monoisotopic (exact) mass is 420 g/mol. The third-order valence-corrected chi connectivity index (χ3v) is 4.08. The number of hydrogen-bond acceptors (Lipinski definition) is 6. The minimum absolute atomic E-state index is 0.168. The quantitative estimate of drug-likeness (QED) is 0.450. The van der Waals surface area contributed by atoms with Gasteiger partial charge >= 0.3 is 5.97 Å². The molecule has 0 spiro atoms. The second kappa shape index (κ2) is 10.4. The maximum atomic E-state index is 12.4. The molecule has 8 nitrogen and oxygen atoms in total. The summed E-state index contributed by atoms with van der Waals surface area (Å²) in [6, 6.07) is 21.8. The molecule has 0 bridgehead atoms. The van der Waals surface area contributed by atoms with Crippen LogP contribution in [0, 0.1) is 0 Å². The topological polar surface area (TPSA) is 103 Å². The van der Waals surface area contributed by atoms with Crippen LogP contribution in [0.5, 0.6) is 17.2 Å². The molecule has 0 atom stereocenters. The molecule has 2 N–H and O–H groups in total. The van der Waals surface area contributed by atoms with E-state index in [1.807, 2.05) is 6.07 Å². The van der Waals surface area contributed by atoms with E-state index in [9.17, 15) is 14.4 Å². The van der Waals surface area contributed by atoms with E-state index in [1.165, 1.54) is 13.2 Å². The van der Waals surface area contributed by atoms with E-state index in [0.717, 1.165) is 0 Å². The Kier molecular flexibility index (Phi) is 7.21. The molecule has 2 amide bonds. The van der Waals surface area contributed by atoms with Crippen molar-refractivity contribution in [3.8, 4) is 17.2 Å². The molecule has 0 aliphatic carbocycles. The molecule has 0 saturated heterocycles. The first-order valence-electron chi connectivity index (χ1n) is 9.29. The summed E-state index contributed by atoms with van der Waals surface area (Å²) in [5.41, 5.74) is 4.93. The van der Waals surface area contributed by atoms with Crippen molar-refractivity contribution in [2.45, 2.75) is 0 Å². The number of hydrazine groups is 1. The lowest BCUT2D eigenvalue weighted by atomic mass is 10.2. The molecule has 0 aliphatic heterocycles. The van der Waals surface area contributed by atoms with Crippen LogP contribution in [0.1, 0.15) is 20.7 Å². The number of carbonyl (C=O) groups is 3. The van der Waals surface area contributed by atoms with Gasteiger partial charge in [-0.2, -0.15) is 0 Å². The van der Waals surface area contributed by atoms with Crippen LogP contribution in [0.3, 0.4) is 0 Å². The van der Waals surface area contributed by atoms with Gasteiger partial charge in [-0.15, -0.1) is 0 Å². The van der Waals surface area contributed by atoms with Crippen molar-refractivity contribution < 1.29 is 28.6 Å². The number of nitrogens with one attached hydrogen (secondary N) is 2. The van der Waals surface area contributed by atoms with Gasteiger partial charge in [0.1, 0.15) is 22.8 Å². The Balaban J connectivity index is 1.51. The number of benzene rings is 3. The summed E-state index contributed by atoms with van der Waals surface area (Å²) in [6.45, 7) is -0.582. The van der Waals surface area contributed by atoms with Crippen molar-refractivity contribution >= 4 is 17.8 Å². The average Bonchev–Trinajstić information content (AvgIpc) is 2.82. The van der Waals surface area contributed by atoms with E-state index in [-0.39, 0.29) is 5.56 Å². The van der Waals surface area contributed by atoms with E-state index in [2.05, 4.69) is 10.9 Å². The van der Waals surface area contributed by atoms with Crippen molar-refractivity contribution in [3.63, 3.8) is 0 Å². The van der Waals surface area contributed by atoms with Crippen LogP contribution in [0.4, 0.5) is 0 Å². The third-order valence-electron chi connectivity index (χ3n) is 4.08. The summed E-state index contributed by atoms with van der Waals surface area (Å²) in [5, 5.41) is 0. The number of amides is 2. The minimum Gasteiger partial charge on any atom is -0.497 e. The Morgan fingerprint density at radius 2 is 1.45 bits per heavy atom. The lowest BCUT2D eigenvalue weighted by Crippen LogP contribution is -2.43. The Morgan fingerprint density at radius 3 is 2.16 bits per heavy atom. The highest BCUT2D eigenvalue weighted by atomic mass is 16.5. The van der Waals surface area contributed by atoms with Gasteiger partial charge in [0.05, 0.1) is 7.11 Å². The summed E-state index contributed by atoms with van der Waals surface area (Å²) in [6.07, 6.45) is 0. The fraction of sp³-hybridized carbons (Fsp3) is 0.0870. The van der Waals surface area contributed by atoms with Gasteiger partial charge in [0, 0.05) is 5.56 Å². The molecular formula is C23H20N2O6. The predicted octanol–water partition coefficient (Wildman–Crippen LogP) is 3.11. The molecule has 3 aromatic rings. The zero-order valence-electron chi connectivity index (χ0n) is 16.7. The van der Waals surface area contributed by atoms with Gasteiger partial charge in [0.25, 0.3) is 11.8 Å². The van der Waals surface area contributed by atoms with E-state index in [0.29, 0.717) is 22.8 Å². The maximum Gasteiger partial charge on any atom is 0.342 e. The standard InChI is InChI=1S/C23H20N2O6/c1-29-17-13-11-16(12-14-17)22(27)25-24-21(26)15-30-23(28)19-9-5-6-10-20(19)31-18-7-3-2-4-8-18/h2-14H,15H2,1H3,(H,24,26)(H,25,27). The zero-order chi connectivity index (χ0) is 22.1. The molecule has 0 radical (unpaired) electrons. The lowest BCUT2D eigenvalue weighted by Gasteiger charge is -2.11. The Bertz CT molecular complexity index is 1050. The van der Waals surface area contributed by atoms with Crippen LogP contribution < -0.4 is 20.3 Å². The normalized spacial score (nSPS) is 9.97. The molecule has 3 rings (SSSR count). The van der Waals surface area contributed by atoms with E-state index >= 15 is 0 Å². The highest BCUT2D eigenvalue weighted by Crippen LogP contribution is 2.25. The van der Waals surface area contributed by atoms with Crippen LogP contribution in [-0.2, 0) is 9.53 Å². The first kappa shape index (κ1) is 21.4. The lowest BCUT2D eigenvalue weighted by molar-refractivity contribution is -0.125. The number of carbonyl (C=O) groups excluding carboxylic acids is 3. The molecule has 0 saturated carbocycles. The number of para-hydroxylation sites is 2. The molecule has 0 aromatic heterocycles. The van der Waals surface area contributed by atoms with Gasteiger partial charge < -0.3 is 14.2 Å². The molecule has 158 valence electrons. The number of ether oxygens (including phenoxy) is 3. The number of hydrogen-bond donors (Lipinski definition) is 2. The first-order valence-corrected chi connectivity index (χ1v) is 9.29. The molecule has 0 unspecified atom stereocenters.